The van der Waals surface area contributed by atoms with Crippen LogP contribution in [-0.2, 0) is 22.6 Å². The van der Waals surface area contributed by atoms with Crippen molar-refractivity contribution >= 4 is 34.8 Å². The number of fused-ring (bicyclic) bond motifs is 2. The Hall–Kier alpha value is -3.89. The van der Waals surface area contributed by atoms with E-state index in [0.29, 0.717) is 43.3 Å². The Labute approximate surface area is 196 Å². The topological polar surface area (TPSA) is 115 Å². The summed E-state index contributed by atoms with van der Waals surface area (Å²) >= 11 is 0. The number of hydrogen-bond donors (Lipinski definition) is 1. The average molecular weight is 466 g/mol. The lowest BCUT2D eigenvalue weighted by Crippen LogP contribution is -2.49. The summed E-state index contributed by atoms with van der Waals surface area (Å²) in [6.07, 6.45) is 6.04. The average Bonchev–Trinajstić information content (AvgIpc) is 3.32. The van der Waals surface area contributed by atoms with Crippen LogP contribution in [0.2, 0.25) is 0 Å². The molecule has 1 fully saturated rings. The van der Waals surface area contributed by atoms with Crippen molar-refractivity contribution in [3.8, 4) is 5.82 Å². The molecule has 11 nitrogen and oxygen atoms in total. The largest absolute Gasteiger partial charge is 0.444 e. The molecule has 178 valence electrons. The Morgan fingerprint density at radius 3 is 2.68 bits per heavy atom. The maximum Gasteiger partial charge on any atom is 0.411 e. The first-order valence-electron chi connectivity index (χ1n) is 11.2. The predicted octanol–water partition coefficient (Wildman–Crippen LogP) is 2.73. The van der Waals surface area contributed by atoms with E-state index in [1.165, 1.54) is 4.90 Å². The van der Waals surface area contributed by atoms with Gasteiger partial charge < -0.3 is 9.30 Å². The van der Waals surface area contributed by atoms with Gasteiger partial charge in [-0.15, -0.1) is 0 Å². The molecule has 1 N–H and O–H groups in total. The van der Waals surface area contributed by atoms with E-state index in [9.17, 15) is 14.4 Å². The normalized spacial score (nSPS) is 16.6. The number of rotatable bonds is 2. The Morgan fingerprint density at radius 2 is 1.94 bits per heavy atom. The summed E-state index contributed by atoms with van der Waals surface area (Å²) in [6.45, 7) is 8.76. The number of nitrogens with one attached hydrogen (secondary N) is 1. The molecule has 2 aliphatic rings. The molecule has 0 atom stereocenters. The van der Waals surface area contributed by atoms with E-state index in [0.717, 1.165) is 16.8 Å². The van der Waals surface area contributed by atoms with Crippen molar-refractivity contribution in [3.63, 3.8) is 0 Å². The molecule has 3 aromatic rings. The minimum Gasteiger partial charge on any atom is -0.444 e. The van der Waals surface area contributed by atoms with Gasteiger partial charge in [0.1, 0.15) is 23.7 Å². The molecule has 34 heavy (non-hydrogen) atoms. The molecule has 5 heterocycles. The highest BCUT2D eigenvalue weighted by atomic mass is 16.6. The van der Waals surface area contributed by atoms with Crippen LogP contribution in [0, 0.1) is 6.92 Å². The van der Waals surface area contributed by atoms with E-state index in [2.05, 4.69) is 10.3 Å². The van der Waals surface area contributed by atoms with E-state index < -0.39 is 11.6 Å². The van der Waals surface area contributed by atoms with Crippen molar-refractivity contribution in [1.29, 1.82) is 0 Å². The van der Waals surface area contributed by atoms with Gasteiger partial charge in [0, 0.05) is 37.5 Å². The number of ether oxygens (including phenoxy) is 1. The van der Waals surface area contributed by atoms with Crippen LogP contribution in [0.4, 0.5) is 15.3 Å². The molecule has 0 unspecified atom stereocenters. The third kappa shape index (κ3) is 3.97. The molecule has 1 saturated heterocycles. The van der Waals surface area contributed by atoms with Gasteiger partial charge >= 0.3 is 12.1 Å². The fourth-order valence-corrected chi connectivity index (χ4v) is 4.23. The number of imide groups is 1. The summed E-state index contributed by atoms with van der Waals surface area (Å²) in [7, 11) is 0. The van der Waals surface area contributed by atoms with Crippen molar-refractivity contribution in [2.75, 3.05) is 18.0 Å². The van der Waals surface area contributed by atoms with Gasteiger partial charge in [0.05, 0.1) is 18.1 Å². The fourth-order valence-electron chi connectivity index (χ4n) is 4.23. The number of anilines is 1. The highest BCUT2D eigenvalue weighted by molar-refractivity contribution is 6.06. The van der Waals surface area contributed by atoms with E-state index in [1.54, 1.807) is 11.1 Å². The minimum absolute atomic E-state index is 0.254. The SMILES string of the molecule is Cc1cn(-c2cn3c(n2)CCN(C(=O)OC(C)(C)C)C3)c2ncc(N3CCC(=O)NC3=O)cc12. The van der Waals surface area contributed by atoms with E-state index >= 15 is 0 Å². The predicted molar refractivity (Wildman–Crippen MR) is 124 cm³/mol. The number of amides is 4. The van der Waals surface area contributed by atoms with Gasteiger partial charge in [0.2, 0.25) is 5.91 Å². The van der Waals surface area contributed by atoms with Gasteiger partial charge in [-0.3, -0.25) is 24.5 Å². The summed E-state index contributed by atoms with van der Waals surface area (Å²) in [5, 5.41) is 3.23. The van der Waals surface area contributed by atoms with Crippen LogP contribution >= 0.6 is 0 Å². The van der Waals surface area contributed by atoms with Crippen LogP contribution in [0.3, 0.4) is 0 Å². The van der Waals surface area contributed by atoms with E-state index in [-0.39, 0.29) is 18.4 Å². The number of aryl methyl sites for hydroxylation is 1. The number of urea groups is 1. The molecule has 0 spiro atoms. The van der Waals surface area contributed by atoms with Crippen molar-refractivity contribution in [1.82, 2.24) is 29.3 Å². The fraction of sp³-hybridized carbons (Fsp3) is 0.435. The number of carbonyl (C=O) groups excluding carboxylic acids is 3. The lowest BCUT2D eigenvalue weighted by molar-refractivity contribution is -0.120. The second kappa shape index (κ2) is 7.86. The van der Waals surface area contributed by atoms with Gasteiger partial charge in [-0.05, 0) is 39.3 Å². The molecule has 4 amide bonds. The molecule has 0 aromatic carbocycles. The van der Waals surface area contributed by atoms with Crippen LogP contribution in [0.5, 0.6) is 0 Å². The maximum absolute atomic E-state index is 12.5. The second-order valence-electron chi connectivity index (χ2n) is 9.62. The van der Waals surface area contributed by atoms with Crippen molar-refractivity contribution < 1.29 is 19.1 Å². The van der Waals surface area contributed by atoms with Gasteiger partial charge in [0.15, 0.2) is 5.82 Å². The van der Waals surface area contributed by atoms with E-state index in [1.807, 2.05) is 55.3 Å². The summed E-state index contributed by atoms with van der Waals surface area (Å²) < 4.78 is 9.37. The molecule has 0 saturated carbocycles. The molecule has 3 aromatic heterocycles. The smallest absolute Gasteiger partial charge is 0.411 e. The molecule has 11 heteroatoms. The van der Waals surface area contributed by atoms with Crippen LogP contribution in [0.1, 0.15) is 38.6 Å². The third-order valence-corrected chi connectivity index (χ3v) is 5.87. The second-order valence-corrected chi connectivity index (χ2v) is 9.62. The first kappa shape index (κ1) is 21.9. The minimum atomic E-state index is -0.548. The lowest BCUT2D eigenvalue weighted by atomic mass is 10.2. The molecule has 0 aliphatic carbocycles. The summed E-state index contributed by atoms with van der Waals surface area (Å²) in [4.78, 5) is 48.8. The number of imidazole rings is 1. The number of pyridine rings is 1. The van der Waals surface area contributed by atoms with Gasteiger partial charge in [-0.25, -0.2) is 19.6 Å². The van der Waals surface area contributed by atoms with Gasteiger partial charge in [0.25, 0.3) is 0 Å². The standard InChI is InChI=1S/C23H27N7O4/c1-14-11-30(20-16(14)9-15(10-24-20)29-8-6-19(31)26-21(29)32)18-12-28-13-27(7-5-17(28)25-18)22(33)34-23(2,3)4/h9-12H,5-8,13H2,1-4H3,(H,26,31,32). The van der Waals surface area contributed by atoms with Gasteiger partial charge in [-0.1, -0.05) is 0 Å². The maximum atomic E-state index is 12.5. The molecule has 2 aliphatic heterocycles. The molecule has 0 bridgehead atoms. The lowest BCUT2D eigenvalue weighted by Gasteiger charge is -2.30. The first-order chi connectivity index (χ1) is 16.1. The molecule has 5 rings (SSSR count). The first-order valence-corrected chi connectivity index (χ1v) is 11.2. The van der Waals surface area contributed by atoms with Crippen LogP contribution in [-0.4, -0.2) is 60.7 Å². The molecular formula is C23H27N7O4. The molecule has 0 radical (unpaired) electrons. The number of carbonyl (C=O) groups is 3. The highest BCUT2D eigenvalue weighted by Gasteiger charge is 2.28. The van der Waals surface area contributed by atoms with Crippen LogP contribution in [0.25, 0.3) is 16.9 Å². The Morgan fingerprint density at radius 1 is 1.15 bits per heavy atom. The molecular weight excluding hydrogens is 438 g/mol. The highest BCUT2D eigenvalue weighted by Crippen LogP contribution is 2.28. The summed E-state index contributed by atoms with van der Waals surface area (Å²) in [5.74, 6) is 1.33. The Balaban J connectivity index is 1.42. The summed E-state index contributed by atoms with van der Waals surface area (Å²) in [6, 6.07) is 1.47. The van der Waals surface area contributed by atoms with Crippen LogP contribution in [0.15, 0.2) is 24.7 Å². The zero-order valence-corrected chi connectivity index (χ0v) is 19.7. The Bertz CT molecular complexity index is 1320. The van der Waals surface area contributed by atoms with Crippen molar-refractivity contribution in [2.24, 2.45) is 0 Å². The quantitative estimate of drug-likeness (QED) is 0.622. The number of aromatic nitrogens is 4. The summed E-state index contributed by atoms with van der Waals surface area (Å²) in [5.41, 5.74) is 1.79. The van der Waals surface area contributed by atoms with Crippen molar-refractivity contribution in [3.05, 3.63) is 36.0 Å². The van der Waals surface area contributed by atoms with E-state index in [4.69, 9.17) is 9.72 Å². The monoisotopic (exact) mass is 465 g/mol. The van der Waals surface area contributed by atoms with Crippen molar-refractivity contribution in [2.45, 2.75) is 52.8 Å². The number of hydrogen-bond acceptors (Lipinski definition) is 6. The number of nitrogens with zero attached hydrogens (tertiary/aromatic N) is 6. The zero-order valence-electron chi connectivity index (χ0n) is 19.7. The van der Waals surface area contributed by atoms with Gasteiger partial charge in [-0.2, -0.15) is 0 Å². The Kier molecular flexibility index (Phi) is 5.07. The van der Waals surface area contributed by atoms with Crippen LogP contribution < -0.4 is 10.2 Å². The third-order valence-electron chi connectivity index (χ3n) is 5.87. The zero-order chi connectivity index (χ0) is 24.2.